The summed E-state index contributed by atoms with van der Waals surface area (Å²) in [6.07, 6.45) is 5.22. The van der Waals surface area contributed by atoms with E-state index < -0.39 is 17.4 Å². The molecular weight excluding hydrogens is 612 g/mol. The first-order chi connectivity index (χ1) is 20.7. The number of hydrogen-bond donors (Lipinski definition) is 3. The number of carbonyl (C=O) groups excluding carboxylic acids is 2. The highest BCUT2D eigenvalue weighted by Crippen LogP contribution is 2.46. The van der Waals surface area contributed by atoms with Crippen molar-refractivity contribution in [2.75, 3.05) is 18.1 Å². The van der Waals surface area contributed by atoms with Crippen molar-refractivity contribution in [3.05, 3.63) is 105 Å². The van der Waals surface area contributed by atoms with Crippen LogP contribution in [0.4, 0.5) is 5.69 Å². The van der Waals surface area contributed by atoms with Crippen LogP contribution in [0.2, 0.25) is 0 Å². The van der Waals surface area contributed by atoms with Gasteiger partial charge in [0.15, 0.2) is 5.60 Å². The van der Waals surface area contributed by atoms with Gasteiger partial charge in [0.25, 0.3) is 11.5 Å². The highest BCUT2D eigenvalue weighted by atomic mass is 79.9. The minimum Gasteiger partial charge on any atom is -0.394 e. The largest absolute Gasteiger partial charge is 0.394 e. The molecule has 0 saturated carbocycles. The SMILES string of the molecule is C[C@H](/C=C/CC(=O)N1CCC[C@H]1CO)[C@@]1(O)C(=O)N(Cc2ccc(-n3[nH]c4ccccc4c3=O)cc2)c2ccc(Br)cc21. The Labute approximate surface area is 257 Å². The van der Waals surface area contributed by atoms with E-state index in [2.05, 4.69) is 21.0 Å². The lowest BCUT2D eigenvalue weighted by Crippen LogP contribution is -2.44. The zero-order valence-electron chi connectivity index (χ0n) is 23.7. The maximum atomic E-state index is 13.9. The molecule has 4 aromatic rings. The molecule has 10 heteroatoms. The second-order valence-electron chi connectivity index (χ2n) is 11.3. The molecule has 6 rings (SSSR count). The molecule has 0 unspecified atom stereocenters. The lowest BCUT2D eigenvalue weighted by Gasteiger charge is -2.28. The number of nitrogens with zero attached hydrogens (tertiary/aromatic N) is 3. The number of likely N-dealkylation sites (tertiary alicyclic amines) is 1. The number of aliphatic hydroxyl groups is 2. The minimum atomic E-state index is -1.82. The Hall–Kier alpha value is -3.99. The average molecular weight is 646 g/mol. The molecule has 1 saturated heterocycles. The summed E-state index contributed by atoms with van der Waals surface area (Å²) in [5.74, 6) is -1.14. The second-order valence-corrected chi connectivity index (χ2v) is 12.2. The quantitative estimate of drug-likeness (QED) is 0.246. The van der Waals surface area contributed by atoms with Crippen molar-refractivity contribution in [3.8, 4) is 5.69 Å². The Bertz CT molecular complexity index is 1780. The van der Waals surface area contributed by atoms with Gasteiger partial charge in [-0.25, -0.2) is 4.68 Å². The molecule has 2 aliphatic heterocycles. The standard InChI is InChI=1S/C33H33BrN4O5/c1-21(6-4-10-30(40)36-17-5-7-25(36)20-39)33(43)27-18-23(34)13-16-29(27)37(32(33)42)19-22-11-14-24(15-12-22)38-31(41)26-8-2-3-9-28(26)35-38/h2-4,6,8-9,11-16,18,21,25,35,39,43H,5,7,10,17,19-20H2,1H3/b6-4+/t21-,25+,33+/m1/s1. The van der Waals surface area contributed by atoms with Crippen LogP contribution < -0.4 is 10.5 Å². The van der Waals surface area contributed by atoms with Gasteiger partial charge in [0.2, 0.25) is 5.91 Å². The number of aromatic amines is 1. The molecule has 222 valence electrons. The molecular formula is C33H33BrN4O5. The fourth-order valence-corrected chi connectivity index (χ4v) is 6.59. The fraction of sp³-hybridized carbons (Fsp3) is 0.303. The predicted molar refractivity (Wildman–Crippen MR) is 168 cm³/mol. The Morgan fingerprint density at radius 3 is 2.65 bits per heavy atom. The van der Waals surface area contributed by atoms with Gasteiger partial charge in [-0.2, -0.15) is 0 Å². The van der Waals surface area contributed by atoms with E-state index >= 15 is 0 Å². The van der Waals surface area contributed by atoms with Gasteiger partial charge >= 0.3 is 0 Å². The number of rotatable bonds is 8. The van der Waals surface area contributed by atoms with E-state index in [4.69, 9.17) is 0 Å². The van der Waals surface area contributed by atoms with Gasteiger partial charge in [-0.1, -0.05) is 59.3 Å². The Balaban J connectivity index is 1.22. The molecule has 2 amide bonds. The van der Waals surface area contributed by atoms with Gasteiger partial charge < -0.3 is 20.0 Å². The van der Waals surface area contributed by atoms with Gasteiger partial charge in [0, 0.05) is 28.9 Å². The molecule has 3 N–H and O–H groups in total. The number of carbonyl (C=O) groups is 2. The van der Waals surface area contributed by atoms with E-state index in [0.29, 0.717) is 28.9 Å². The smallest absolute Gasteiger partial charge is 0.279 e. The maximum absolute atomic E-state index is 13.9. The number of fused-ring (bicyclic) bond motifs is 2. The van der Waals surface area contributed by atoms with Gasteiger partial charge in [-0.15, -0.1) is 0 Å². The third-order valence-electron chi connectivity index (χ3n) is 8.64. The van der Waals surface area contributed by atoms with Gasteiger partial charge in [-0.05, 0) is 60.9 Å². The Morgan fingerprint density at radius 2 is 1.91 bits per heavy atom. The highest BCUT2D eigenvalue weighted by Gasteiger charge is 2.52. The highest BCUT2D eigenvalue weighted by molar-refractivity contribution is 9.10. The van der Waals surface area contributed by atoms with Crippen molar-refractivity contribution in [3.63, 3.8) is 0 Å². The summed E-state index contributed by atoms with van der Waals surface area (Å²) in [6, 6.07) is 20.0. The molecule has 0 spiro atoms. The monoisotopic (exact) mass is 644 g/mol. The van der Waals surface area contributed by atoms with Crippen LogP contribution in [0.5, 0.6) is 0 Å². The lowest BCUT2D eigenvalue weighted by atomic mass is 9.83. The van der Waals surface area contributed by atoms with Crippen LogP contribution in [0, 0.1) is 5.92 Å². The molecule has 3 atom stereocenters. The molecule has 2 aliphatic rings. The normalized spacial score (nSPS) is 20.8. The number of para-hydroxylation sites is 1. The van der Waals surface area contributed by atoms with Gasteiger partial charge in [0.05, 0.1) is 41.5 Å². The van der Waals surface area contributed by atoms with Crippen molar-refractivity contribution >= 4 is 44.3 Å². The van der Waals surface area contributed by atoms with Crippen molar-refractivity contribution in [1.29, 1.82) is 0 Å². The maximum Gasteiger partial charge on any atom is 0.279 e. The van der Waals surface area contributed by atoms with E-state index in [1.54, 1.807) is 41.0 Å². The summed E-state index contributed by atoms with van der Waals surface area (Å²) in [7, 11) is 0. The molecule has 1 aromatic heterocycles. The second kappa shape index (κ2) is 11.6. The van der Waals surface area contributed by atoms with E-state index in [1.807, 2.05) is 54.6 Å². The molecule has 1 fully saturated rings. The molecule has 0 bridgehead atoms. The van der Waals surface area contributed by atoms with Crippen molar-refractivity contribution < 1.29 is 19.8 Å². The Kier molecular flexibility index (Phi) is 7.85. The summed E-state index contributed by atoms with van der Waals surface area (Å²) in [4.78, 5) is 42.8. The van der Waals surface area contributed by atoms with Crippen LogP contribution in [-0.2, 0) is 21.7 Å². The zero-order valence-corrected chi connectivity index (χ0v) is 25.3. The molecule has 3 aromatic carbocycles. The van der Waals surface area contributed by atoms with E-state index in [1.165, 1.54) is 4.68 Å². The number of aliphatic hydroxyl groups excluding tert-OH is 1. The van der Waals surface area contributed by atoms with Crippen LogP contribution in [0.1, 0.15) is 37.3 Å². The number of halogens is 1. The average Bonchev–Trinajstić information content (AvgIpc) is 3.69. The number of H-pyrrole nitrogens is 1. The van der Waals surface area contributed by atoms with Gasteiger partial charge in [-0.3, -0.25) is 19.5 Å². The van der Waals surface area contributed by atoms with Crippen LogP contribution in [0.15, 0.2) is 88.1 Å². The number of hydrogen-bond acceptors (Lipinski definition) is 5. The minimum absolute atomic E-state index is 0.0497. The Morgan fingerprint density at radius 1 is 1.14 bits per heavy atom. The molecule has 9 nitrogen and oxygen atoms in total. The predicted octanol–water partition coefficient (Wildman–Crippen LogP) is 4.38. The first-order valence-electron chi connectivity index (χ1n) is 14.4. The number of aromatic nitrogens is 2. The zero-order chi connectivity index (χ0) is 30.3. The fourth-order valence-electron chi connectivity index (χ4n) is 6.23. The van der Waals surface area contributed by atoms with Crippen LogP contribution in [0.25, 0.3) is 16.6 Å². The summed E-state index contributed by atoms with van der Waals surface area (Å²) < 4.78 is 2.23. The van der Waals surface area contributed by atoms with Crippen molar-refractivity contribution in [2.24, 2.45) is 5.92 Å². The first kappa shape index (κ1) is 29.1. The summed E-state index contributed by atoms with van der Waals surface area (Å²) in [6.45, 7) is 2.58. The summed E-state index contributed by atoms with van der Waals surface area (Å²) in [5, 5.41) is 25.3. The molecule has 43 heavy (non-hydrogen) atoms. The number of nitrogens with one attached hydrogen (secondary N) is 1. The topological polar surface area (TPSA) is 119 Å². The van der Waals surface area contributed by atoms with Gasteiger partial charge in [0.1, 0.15) is 0 Å². The summed E-state index contributed by atoms with van der Waals surface area (Å²) in [5.41, 5.74) is 1.40. The first-order valence-corrected chi connectivity index (χ1v) is 15.2. The summed E-state index contributed by atoms with van der Waals surface area (Å²) >= 11 is 3.48. The molecule has 0 radical (unpaired) electrons. The third kappa shape index (κ3) is 5.13. The van der Waals surface area contributed by atoms with Crippen LogP contribution in [-0.4, -0.2) is 55.9 Å². The van der Waals surface area contributed by atoms with E-state index in [9.17, 15) is 24.6 Å². The van der Waals surface area contributed by atoms with Crippen LogP contribution >= 0.6 is 15.9 Å². The van der Waals surface area contributed by atoms with Crippen molar-refractivity contribution in [1.82, 2.24) is 14.7 Å². The van der Waals surface area contributed by atoms with Crippen LogP contribution in [0.3, 0.4) is 0 Å². The number of anilines is 1. The molecule has 0 aliphatic carbocycles. The molecule has 3 heterocycles. The van der Waals surface area contributed by atoms with E-state index in [-0.39, 0.29) is 37.1 Å². The number of benzene rings is 3. The van der Waals surface area contributed by atoms with Crippen molar-refractivity contribution in [2.45, 2.75) is 44.4 Å². The number of amides is 2. The van der Waals surface area contributed by atoms with E-state index in [0.717, 1.165) is 28.4 Å². The third-order valence-corrected chi connectivity index (χ3v) is 9.14. The lowest BCUT2D eigenvalue weighted by molar-refractivity contribution is -0.139.